The summed E-state index contributed by atoms with van der Waals surface area (Å²) >= 11 is 0. The van der Waals surface area contributed by atoms with Gasteiger partial charge in [0.05, 0.1) is 21.3 Å². The summed E-state index contributed by atoms with van der Waals surface area (Å²) < 4.78 is 17.4. The molecule has 0 bridgehead atoms. The predicted octanol–water partition coefficient (Wildman–Crippen LogP) is 12.4. The van der Waals surface area contributed by atoms with Gasteiger partial charge in [0.2, 0.25) is 0 Å². The van der Waals surface area contributed by atoms with E-state index in [0.717, 1.165) is 57.1 Å². The van der Waals surface area contributed by atoms with E-state index in [-0.39, 0.29) is 11.8 Å². The van der Waals surface area contributed by atoms with Crippen LogP contribution in [0.25, 0.3) is 11.1 Å². The highest BCUT2D eigenvalue weighted by Crippen LogP contribution is 2.45. The van der Waals surface area contributed by atoms with Gasteiger partial charge in [-0.3, -0.25) is 0 Å². The average molecular weight is 715 g/mol. The molecule has 0 heterocycles. The fourth-order valence-electron chi connectivity index (χ4n) is 9.42. The predicted molar refractivity (Wildman–Crippen MR) is 225 cm³/mol. The van der Waals surface area contributed by atoms with Crippen molar-refractivity contribution >= 4 is 0 Å². The lowest BCUT2D eigenvalue weighted by atomic mass is 9.81. The Kier molecular flexibility index (Phi) is 9.96. The second-order valence-electron chi connectivity index (χ2n) is 15.7. The minimum Gasteiger partial charge on any atom is -0.496 e. The van der Waals surface area contributed by atoms with E-state index >= 15 is 0 Å². The van der Waals surface area contributed by atoms with Gasteiger partial charge in [-0.25, -0.2) is 0 Å². The van der Waals surface area contributed by atoms with Crippen LogP contribution in [0.5, 0.6) is 17.2 Å². The molecule has 6 aromatic carbocycles. The largest absolute Gasteiger partial charge is 0.496 e. The monoisotopic (exact) mass is 714 g/mol. The maximum atomic E-state index is 5.79. The lowest BCUT2D eigenvalue weighted by Gasteiger charge is -2.24. The molecule has 1 unspecified atom stereocenters. The first kappa shape index (κ1) is 37.1. The number of fused-ring (bicyclic) bond motifs is 3. The van der Waals surface area contributed by atoms with Gasteiger partial charge in [-0.15, -0.1) is 0 Å². The molecule has 0 saturated carbocycles. The number of methoxy groups -OCH3 is 3. The summed E-state index contributed by atoms with van der Waals surface area (Å²) in [5, 5.41) is 0. The van der Waals surface area contributed by atoms with Gasteiger partial charge in [0.15, 0.2) is 0 Å². The highest BCUT2D eigenvalue weighted by molar-refractivity contribution is 5.78. The molecule has 0 N–H and O–H groups in total. The number of hydrogen-bond acceptors (Lipinski definition) is 3. The van der Waals surface area contributed by atoms with E-state index in [9.17, 15) is 0 Å². The Labute approximate surface area is 323 Å². The van der Waals surface area contributed by atoms with Crippen LogP contribution in [0.2, 0.25) is 0 Å². The van der Waals surface area contributed by atoms with Gasteiger partial charge >= 0.3 is 0 Å². The van der Waals surface area contributed by atoms with Crippen LogP contribution in [-0.4, -0.2) is 21.3 Å². The third-order valence-electron chi connectivity index (χ3n) is 11.9. The number of hydrogen-bond donors (Lipinski definition) is 0. The molecule has 1 atom stereocenters. The summed E-state index contributed by atoms with van der Waals surface area (Å²) in [6.07, 6.45) is 0.903. The van der Waals surface area contributed by atoms with Crippen LogP contribution in [0.4, 0.5) is 0 Å². The fraction of sp³-hybridized carbons (Fsp3) is 0.294. The van der Waals surface area contributed by atoms with Crippen LogP contribution in [0.15, 0.2) is 84.9 Å². The van der Waals surface area contributed by atoms with E-state index in [4.69, 9.17) is 14.2 Å². The summed E-state index contributed by atoms with van der Waals surface area (Å²) in [7, 11) is 5.29. The van der Waals surface area contributed by atoms with Crippen molar-refractivity contribution in [2.45, 2.75) is 80.6 Å². The number of aryl methyl sites for hydroxylation is 8. The summed E-state index contributed by atoms with van der Waals surface area (Å²) in [5.74, 6) is 3.03. The zero-order valence-electron chi connectivity index (χ0n) is 34.2. The van der Waals surface area contributed by atoms with Gasteiger partial charge in [-0.1, -0.05) is 84.9 Å². The molecule has 7 rings (SSSR count). The first-order chi connectivity index (χ1) is 25.8. The lowest BCUT2D eigenvalue weighted by Crippen LogP contribution is -2.07. The SMILES string of the molecule is COc1c(C)cc(C(c2cc(C)c(C)c(C)c2)c2ccc3c(c2)Cc2cc(C(c4cc(C)c(OC)c(C)c4)c4cc(C)c(OC)c(C)c4)ccc2-3)cc1C. The molecule has 3 nitrogen and oxygen atoms in total. The summed E-state index contributed by atoms with van der Waals surface area (Å²) in [4.78, 5) is 0. The van der Waals surface area contributed by atoms with Crippen molar-refractivity contribution < 1.29 is 14.2 Å². The number of benzene rings is 6. The van der Waals surface area contributed by atoms with E-state index in [0.29, 0.717) is 0 Å². The molecule has 0 amide bonds. The average Bonchev–Trinajstić information content (AvgIpc) is 3.48. The van der Waals surface area contributed by atoms with Crippen LogP contribution in [-0.2, 0) is 6.42 Å². The molecule has 0 radical (unpaired) electrons. The highest BCUT2D eigenvalue weighted by Gasteiger charge is 2.27. The zero-order valence-corrected chi connectivity index (χ0v) is 34.2. The van der Waals surface area contributed by atoms with Crippen LogP contribution in [0, 0.1) is 62.3 Å². The minimum absolute atomic E-state index is 0.0557. The maximum Gasteiger partial charge on any atom is 0.124 e. The van der Waals surface area contributed by atoms with Gasteiger partial charge in [0, 0.05) is 11.8 Å². The van der Waals surface area contributed by atoms with Gasteiger partial charge in [-0.2, -0.15) is 0 Å². The van der Waals surface area contributed by atoms with E-state index in [2.05, 4.69) is 147 Å². The Morgan fingerprint density at radius 2 is 0.630 bits per heavy atom. The van der Waals surface area contributed by atoms with E-state index in [1.165, 1.54) is 72.3 Å². The molecule has 1 aliphatic rings. The molecule has 6 aromatic rings. The zero-order chi connectivity index (χ0) is 38.6. The Balaban J connectivity index is 1.33. The Morgan fingerprint density at radius 3 is 0.907 bits per heavy atom. The second-order valence-corrected chi connectivity index (χ2v) is 15.7. The molecular formula is C51H54O3. The second kappa shape index (κ2) is 14.5. The van der Waals surface area contributed by atoms with Crippen molar-refractivity contribution in [3.05, 3.63) is 180 Å². The topological polar surface area (TPSA) is 27.7 Å². The Bertz CT molecular complexity index is 2280. The maximum absolute atomic E-state index is 5.79. The lowest BCUT2D eigenvalue weighted by molar-refractivity contribution is 0.408. The van der Waals surface area contributed by atoms with Crippen molar-refractivity contribution in [2.24, 2.45) is 0 Å². The van der Waals surface area contributed by atoms with E-state index in [1.54, 1.807) is 21.3 Å². The third-order valence-corrected chi connectivity index (χ3v) is 11.9. The molecule has 54 heavy (non-hydrogen) atoms. The number of rotatable bonds is 9. The minimum atomic E-state index is 0.0557. The molecule has 276 valence electrons. The van der Waals surface area contributed by atoms with Gasteiger partial charge < -0.3 is 14.2 Å². The summed E-state index contributed by atoms with van der Waals surface area (Å²) in [6.45, 7) is 19.6. The Morgan fingerprint density at radius 1 is 0.352 bits per heavy atom. The molecule has 1 aliphatic carbocycles. The van der Waals surface area contributed by atoms with Crippen LogP contribution in [0.1, 0.15) is 106 Å². The first-order valence-electron chi connectivity index (χ1n) is 19.1. The molecular weight excluding hydrogens is 661 g/mol. The molecule has 0 aromatic heterocycles. The summed E-state index contributed by atoms with van der Waals surface area (Å²) in [5.41, 5.74) is 24.2. The standard InChI is InChI=1S/C51H54O3/c1-28-17-41(18-29(2)36(28)9)47(42-19-30(3)49(52-10)31(4)20-42)37-13-15-45-39(25-37)27-40-26-38(14-16-46(40)45)48(43-21-32(5)50(53-11)33(6)22-43)44-23-34(7)51(54-12)35(8)24-44/h13-26,47-48H,27H2,1-12H3. The van der Waals surface area contributed by atoms with E-state index in [1.807, 2.05) is 0 Å². The molecule has 0 saturated heterocycles. The molecule has 3 heteroatoms. The van der Waals surface area contributed by atoms with Crippen molar-refractivity contribution in [3.63, 3.8) is 0 Å². The fourth-order valence-corrected chi connectivity index (χ4v) is 9.42. The molecule has 0 spiro atoms. The first-order valence-corrected chi connectivity index (χ1v) is 19.1. The molecule has 0 fully saturated rings. The van der Waals surface area contributed by atoms with Gasteiger partial charge in [0.1, 0.15) is 17.2 Å². The van der Waals surface area contributed by atoms with Crippen LogP contribution in [0.3, 0.4) is 0 Å². The van der Waals surface area contributed by atoms with Gasteiger partial charge in [-0.05, 0) is 174 Å². The van der Waals surface area contributed by atoms with Crippen molar-refractivity contribution in [2.75, 3.05) is 21.3 Å². The van der Waals surface area contributed by atoms with Crippen LogP contribution >= 0.6 is 0 Å². The molecule has 0 aliphatic heterocycles. The number of ether oxygens (including phenoxy) is 3. The smallest absolute Gasteiger partial charge is 0.124 e. The van der Waals surface area contributed by atoms with Crippen molar-refractivity contribution in [1.82, 2.24) is 0 Å². The normalized spacial score (nSPS) is 12.5. The van der Waals surface area contributed by atoms with Crippen molar-refractivity contribution in [1.29, 1.82) is 0 Å². The van der Waals surface area contributed by atoms with Crippen LogP contribution < -0.4 is 14.2 Å². The highest BCUT2D eigenvalue weighted by atomic mass is 16.5. The quantitative estimate of drug-likeness (QED) is 0.139. The summed E-state index contributed by atoms with van der Waals surface area (Å²) in [6, 6.07) is 33.0. The third kappa shape index (κ3) is 6.48. The van der Waals surface area contributed by atoms with E-state index < -0.39 is 0 Å². The Hall–Kier alpha value is -5.28. The van der Waals surface area contributed by atoms with Crippen molar-refractivity contribution in [3.8, 4) is 28.4 Å². The van der Waals surface area contributed by atoms with Gasteiger partial charge in [0.25, 0.3) is 0 Å².